The molecule has 0 bridgehead atoms. The summed E-state index contributed by atoms with van der Waals surface area (Å²) in [5.41, 5.74) is 0.0701. The summed E-state index contributed by atoms with van der Waals surface area (Å²) in [6, 6.07) is 8.91. The summed E-state index contributed by atoms with van der Waals surface area (Å²) < 4.78 is 40.1. The van der Waals surface area contributed by atoms with Crippen molar-refractivity contribution in [3.05, 3.63) is 59.9 Å². The Hall–Kier alpha value is -2.91. The lowest BCUT2D eigenvalue weighted by atomic mass is 10.2. The van der Waals surface area contributed by atoms with Gasteiger partial charge < -0.3 is 10.6 Å². The van der Waals surface area contributed by atoms with E-state index in [9.17, 15) is 22.8 Å². The molecule has 154 valence electrons. The van der Waals surface area contributed by atoms with E-state index in [2.05, 4.69) is 10.6 Å². The number of carbonyl (C=O) groups excluding carboxylic acids is 2. The first-order valence-corrected chi connectivity index (χ1v) is 9.15. The number of rotatable bonds is 6. The zero-order valence-corrected chi connectivity index (χ0v) is 15.6. The molecular formula is C20H21F3N4O2. The van der Waals surface area contributed by atoms with Crippen LogP contribution in [-0.2, 0) is 9.59 Å². The van der Waals surface area contributed by atoms with Crippen LogP contribution in [0.2, 0.25) is 0 Å². The molecule has 2 aromatic carbocycles. The first-order valence-electron chi connectivity index (χ1n) is 9.15. The maximum absolute atomic E-state index is 13.6. The van der Waals surface area contributed by atoms with Gasteiger partial charge in [-0.25, -0.2) is 13.2 Å². The highest BCUT2D eigenvalue weighted by atomic mass is 19.1. The third kappa shape index (κ3) is 6.03. The quantitative estimate of drug-likeness (QED) is 0.773. The molecule has 0 saturated carbocycles. The van der Waals surface area contributed by atoms with Crippen LogP contribution in [0.25, 0.3) is 0 Å². The van der Waals surface area contributed by atoms with Crippen LogP contribution < -0.4 is 10.6 Å². The molecule has 0 atom stereocenters. The Morgan fingerprint density at radius 2 is 1.28 bits per heavy atom. The Morgan fingerprint density at radius 1 is 0.759 bits per heavy atom. The van der Waals surface area contributed by atoms with Gasteiger partial charge in [-0.1, -0.05) is 12.1 Å². The standard InChI is InChI=1S/C20H21F3N4O2/c21-14-5-6-18(16(23)11-14)25-20(29)13-27-9-7-26(8-10-27)12-19(28)24-17-4-2-1-3-15(17)22/h1-6,11H,7-10,12-13H2,(H,24,28)(H,25,29). The van der Waals surface area contributed by atoms with Gasteiger partial charge in [0.1, 0.15) is 17.5 Å². The molecule has 2 aromatic rings. The average molecular weight is 406 g/mol. The molecule has 0 aromatic heterocycles. The molecular weight excluding hydrogens is 385 g/mol. The van der Waals surface area contributed by atoms with Crippen LogP contribution in [0.15, 0.2) is 42.5 Å². The lowest BCUT2D eigenvalue weighted by Crippen LogP contribution is -2.50. The number of hydrogen-bond donors (Lipinski definition) is 2. The van der Waals surface area contributed by atoms with Crippen molar-refractivity contribution in [3.8, 4) is 0 Å². The zero-order valence-electron chi connectivity index (χ0n) is 15.6. The molecule has 2 amide bonds. The number of benzene rings is 2. The molecule has 2 N–H and O–H groups in total. The fraction of sp³-hybridized carbons (Fsp3) is 0.300. The molecule has 6 nitrogen and oxygen atoms in total. The first-order chi connectivity index (χ1) is 13.9. The molecule has 0 spiro atoms. The van der Waals surface area contributed by atoms with Gasteiger partial charge in [0.2, 0.25) is 11.8 Å². The second-order valence-corrected chi connectivity index (χ2v) is 6.75. The zero-order chi connectivity index (χ0) is 20.8. The number of hydrogen-bond acceptors (Lipinski definition) is 4. The van der Waals surface area contributed by atoms with E-state index in [1.54, 1.807) is 12.1 Å². The molecule has 1 saturated heterocycles. The van der Waals surface area contributed by atoms with Gasteiger partial charge in [0, 0.05) is 32.2 Å². The van der Waals surface area contributed by atoms with Crippen molar-refractivity contribution in [1.82, 2.24) is 9.80 Å². The molecule has 0 unspecified atom stereocenters. The largest absolute Gasteiger partial charge is 0.322 e. The van der Waals surface area contributed by atoms with Gasteiger partial charge in [0.05, 0.1) is 24.5 Å². The van der Waals surface area contributed by atoms with E-state index < -0.39 is 23.4 Å². The average Bonchev–Trinajstić information content (AvgIpc) is 2.67. The summed E-state index contributed by atoms with van der Waals surface area (Å²) in [5, 5.41) is 4.97. The SMILES string of the molecule is O=C(CN1CCN(CC(=O)Nc2ccc(F)cc2F)CC1)Nc1ccccc1F. The maximum Gasteiger partial charge on any atom is 0.238 e. The number of carbonyl (C=O) groups is 2. The lowest BCUT2D eigenvalue weighted by molar-refractivity contribution is -0.120. The van der Waals surface area contributed by atoms with Crippen molar-refractivity contribution in [1.29, 1.82) is 0 Å². The van der Waals surface area contributed by atoms with E-state index in [1.165, 1.54) is 18.2 Å². The van der Waals surface area contributed by atoms with Crippen LogP contribution in [0.4, 0.5) is 24.5 Å². The van der Waals surface area contributed by atoms with Gasteiger partial charge in [-0.3, -0.25) is 19.4 Å². The maximum atomic E-state index is 13.6. The van der Waals surface area contributed by atoms with Gasteiger partial charge in [-0.2, -0.15) is 0 Å². The van der Waals surface area contributed by atoms with Crippen LogP contribution in [0, 0.1) is 17.5 Å². The molecule has 0 aliphatic carbocycles. The van der Waals surface area contributed by atoms with Crippen molar-refractivity contribution < 1.29 is 22.8 Å². The predicted molar refractivity (Wildman–Crippen MR) is 103 cm³/mol. The number of nitrogens with zero attached hydrogens (tertiary/aromatic N) is 2. The van der Waals surface area contributed by atoms with E-state index in [4.69, 9.17) is 0 Å². The second kappa shape index (κ2) is 9.53. The molecule has 3 rings (SSSR count). The molecule has 1 aliphatic heterocycles. The smallest absolute Gasteiger partial charge is 0.238 e. The number of amides is 2. The number of anilines is 2. The van der Waals surface area contributed by atoms with Crippen molar-refractivity contribution in [2.75, 3.05) is 49.9 Å². The number of nitrogens with one attached hydrogen (secondary N) is 2. The summed E-state index contributed by atoms with van der Waals surface area (Å²) in [6.45, 7) is 2.39. The first kappa shape index (κ1) is 20.8. The fourth-order valence-electron chi connectivity index (χ4n) is 3.04. The summed E-state index contributed by atoms with van der Waals surface area (Å²) in [6.07, 6.45) is 0. The Bertz CT molecular complexity index is 886. The Labute approximate surface area is 166 Å². The van der Waals surface area contributed by atoms with E-state index in [0.717, 1.165) is 6.07 Å². The number of piperazine rings is 1. The van der Waals surface area contributed by atoms with Crippen LogP contribution in [-0.4, -0.2) is 60.9 Å². The van der Waals surface area contributed by atoms with Gasteiger partial charge in [0.25, 0.3) is 0 Å². The monoisotopic (exact) mass is 406 g/mol. The highest BCUT2D eigenvalue weighted by Crippen LogP contribution is 2.15. The van der Waals surface area contributed by atoms with E-state index in [1.807, 2.05) is 9.80 Å². The van der Waals surface area contributed by atoms with Crippen molar-refractivity contribution >= 4 is 23.2 Å². The molecule has 1 fully saturated rings. The minimum absolute atomic E-state index is 0.0616. The minimum Gasteiger partial charge on any atom is -0.322 e. The normalized spacial score (nSPS) is 15.1. The molecule has 1 aliphatic rings. The van der Waals surface area contributed by atoms with Crippen LogP contribution in [0.5, 0.6) is 0 Å². The highest BCUT2D eigenvalue weighted by Gasteiger charge is 2.21. The van der Waals surface area contributed by atoms with E-state index in [-0.39, 0.29) is 30.4 Å². The topological polar surface area (TPSA) is 64.7 Å². The van der Waals surface area contributed by atoms with Gasteiger partial charge in [-0.05, 0) is 24.3 Å². The van der Waals surface area contributed by atoms with Gasteiger partial charge in [-0.15, -0.1) is 0 Å². The molecule has 1 heterocycles. The van der Waals surface area contributed by atoms with E-state index in [0.29, 0.717) is 32.2 Å². The van der Waals surface area contributed by atoms with Crippen LogP contribution in [0.1, 0.15) is 0 Å². The number of halogens is 3. The summed E-state index contributed by atoms with van der Waals surface area (Å²) in [4.78, 5) is 28.0. The summed E-state index contributed by atoms with van der Waals surface area (Å²) in [5.74, 6) is -2.75. The third-order valence-corrected chi connectivity index (χ3v) is 4.55. The van der Waals surface area contributed by atoms with Crippen LogP contribution >= 0.6 is 0 Å². The lowest BCUT2D eigenvalue weighted by Gasteiger charge is -2.33. The summed E-state index contributed by atoms with van der Waals surface area (Å²) >= 11 is 0. The highest BCUT2D eigenvalue weighted by molar-refractivity contribution is 5.93. The molecule has 29 heavy (non-hydrogen) atoms. The minimum atomic E-state index is -0.830. The third-order valence-electron chi connectivity index (χ3n) is 4.55. The fourth-order valence-corrected chi connectivity index (χ4v) is 3.04. The van der Waals surface area contributed by atoms with Gasteiger partial charge >= 0.3 is 0 Å². The molecule has 0 radical (unpaired) electrons. The summed E-state index contributed by atoms with van der Waals surface area (Å²) in [7, 11) is 0. The van der Waals surface area contributed by atoms with Crippen LogP contribution in [0.3, 0.4) is 0 Å². The van der Waals surface area contributed by atoms with E-state index >= 15 is 0 Å². The Morgan fingerprint density at radius 3 is 1.79 bits per heavy atom. The molecule has 9 heteroatoms. The second-order valence-electron chi connectivity index (χ2n) is 6.75. The Kier molecular flexibility index (Phi) is 6.84. The van der Waals surface area contributed by atoms with Crippen molar-refractivity contribution in [2.45, 2.75) is 0 Å². The Balaban J connectivity index is 1.41. The van der Waals surface area contributed by atoms with Gasteiger partial charge in [0.15, 0.2) is 0 Å². The van der Waals surface area contributed by atoms with Crippen molar-refractivity contribution in [3.63, 3.8) is 0 Å². The van der Waals surface area contributed by atoms with Crippen molar-refractivity contribution in [2.24, 2.45) is 0 Å². The predicted octanol–water partition coefficient (Wildman–Crippen LogP) is 2.30. The number of para-hydroxylation sites is 1.